The average molecular weight is 266 g/mol. The zero-order chi connectivity index (χ0) is 13.3. The fraction of sp³-hybridized carbons (Fsp3) is 0.0833. The van der Waals surface area contributed by atoms with Gasteiger partial charge in [0.1, 0.15) is 11.6 Å². The topological polar surface area (TPSA) is 73.0 Å². The monoisotopic (exact) mass is 266 g/mol. The lowest BCUT2D eigenvalue weighted by atomic mass is 10.2. The molecule has 1 heterocycles. The molecule has 2 rings (SSSR count). The molecule has 0 aliphatic rings. The zero-order valence-corrected chi connectivity index (χ0v) is 10.4. The maximum atomic E-state index is 13.0. The number of rotatable bonds is 2. The third kappa shape index (κ3) is 2.19. The van der Waals surface area contributed by atoms with Crippen molar-refractivity contribution in [2.24, 2.45) is 0 Å². The number of anilines is 1. The largest absolute Gasteiger partial charge is 0.384 e. The van der Waals surface area contributed by atoms with Gasteiger partial charge in [0.05, 0.1) is 9.79 Å². The highest BCUT2D eigenvalue weighted by Crippen LogP contribution is 2.24. The molecule has 6 heteroatoms. The molecule has 0 aliphatic heterocycles. The third-order valence-electron chi connectivity index (χ3n) is 2.50. The number of benzene rings is 1. The maximum absolute atomic E-state index is 13.0. The summed E-state index contributed by atoms with van der Waals surface area (Å²) in [6, 6.07) is 6.32. The van der Waals surface area contributed by atoms with Crippen LogP contribution in [0.2, 0.25) is 0 Å². The SMILES string of the molecule is Cc1cc(F)ccc1S(=O)(=O)c1ccc(N)nc1. The molecule has 94 valence electrons. The first-order valence-electron chi connectivity index (χ1n) is 5.14. The predicted molar refractivity (Wildman–Crippen MR) is 65.2 cm³/mol. The zero-order valence-electron chi connectivity index (χ0n) is 9.59. The Kier molecular flexibility index (Phi) is 3.04. The summed E-state index contributed by atoms with van der Waals surface area (Å²) < 4.78 is 37.5. The highest BCUT2D eigenvalue weighted by Gasteiger charge is 2.20. The second-order valence-corrected chi connectivity index (χ2v) is 5.75. The third-order valence-corrected chi connectivity index (χ3v) is 4.40. The van der Waals surface area contributed by atoms with Gasteiger partial charge in [0.2, 0.25) is 9.84 Å². The van der Waals surface area contributed by atoms with Crippen LogP contribution in [0.4, 0.5) is 10.2 Å². The molecule has 2 N–H and O–H groups in total. The van der Waals surface area contributed by atoms with E-state index in [1.807, 2.05) is 0 Å². The lowest BCUT2D eigenvalue weighted by molar-refractivity contribution is 0.593. The van der Waals surface area contributed by atoms with Crippen LogP contribution in [-0.2, 0) is 9.84 Å². The van der Waals surface area contributed by atoms with Crippen molar-refractivity contribution in [3.8, 4) is 0 Å². The van der Waals surface area contributed by atoms with Crippen LogP contribution in [0.3, 0.4) is 0 Å². The molecule has 0 saturated carbocycles. The lowest BCUT2D eigenvalue weighted by Crippen LogP contribution is -2.05. The smallest absolute Gasteiger partial charge is 0.208 e. The minimum absolute atomic E-state index is 0.0337. The average Bonchev–Trinajstić information content (AvgIpc) is 2.29. The van der Waals surface area contributed by atoms with Gasteiger partial charge in [-0.15, -0.1) is 0 Å². The van der Waals surface area contributed by atoms with E-state index in [4.69, 9.17) is 5.73 Å². The summed E-state index contributed by atoms with van der Waals surface area (Å²) in [5, 5.41) is 0. The summed E-state index contributed by atoms with van der Waals surface area (Å²) >= 11 is 0. The first-order chi connectivity index (χ1) is 8.41. The minimum atomic E-state index is -3.69. The summed E-state index contributed by atoms with van der Waals surface area (Å²) in [7, 11) is -3.69. The molecule has 0 spiro atoms. The molecule has 0 unspecified atom stereocenters. The van der Waals surface area contributed by atoms with Gasteiger partial charge in [0.25, 0.3) is 0 Å². The van der Waals surface area contributed by atoms with Crippen LogP contribution >= 0.6 is 0 Å². The number of nitrogens with two attached hydrogens (primary N) is 1. The van der Waals surface area contributed by atoms with Crippen molar-refractivity contribution < 1.29 is 12.8 Å². The number of aromatic nitrogens is 1. The number of sulfone groups is 1. The Labute approximate surface area is 104 Å². The van der Waals surface area contributed by atoms with Gasteiger partial charge in [0.15, 0.2) is 0 Å². The lowest BCUT2D eigenvalue weighted by Gasteiger charge is -2.07. The van der Waals surface area contributed by atoms with Gasteiger partial charge < -0.3 is 5.73 Å². The number of aryl methyl sites for hydroxylation is 1. The summed E-state index contributed by atoms with van der Waals surface area (Å²) in [5.74, 6) is -0.230. The highest BCUT2D eigenvalue weighted by molar-refractivity contribution is 7.91. The summed E-state index contributed by atoms with van der Waals surface area (Å²) in [5.41, 5.74) is 5.76. The standard InChI is InChI=1S/C12H11FN2O2S/c1-8-6-9(13)2-4-11(8)18(16,17)10-3-5-12(14)15-7-10/h2-7H,1H3,(H2,14,15). The van der Waals surface area contributed by atoms with E-state index in [2.05, 4.69) is 4.98 Å². The fourth-order valence-electron chi connectivity index (χ4n) is 1.59. The first-order valence-corrected chi connectivity index (χ1v) is 6.62. The molecule has 0 fully saturated rings. The van der Waals surface area contributed by atoms with Crippen LogP contribution in [0.1, 0.15) is 5.56 Å². The number of nitrogen functional groups attached to an aromatic ring is 1. The van der Waals surface area contributed by atoms with Crippen LogP contribution in [-0.4, -0.2) is 13.4 Å². The van der Waals surface area contributed by atoms with Crippen molar-refractivity contribution in [3.05, 3.63) is 47.9 Å². The first kappa shape index (κ1) is 12.5. The molecule has 1 aromatic carbocycles. The van der Waals surface area contributed by atoms with E-state index in [1.54, 1.807) is 6.92 Å². The van der Waals surface area contributed by atoms with Gasteiger partial charge in [-0.1, -0.05) is 0 Å². The molecular formula is C12H11FN2O2S. The number of nitrogens with zero attached hydrogens (tertiary/aromatic N) is 1. The molecule has 0 atom stereocenters. The number of halogens is 1. The van der Waals surface area contributed by atoms with E-state index < -0.39 is 15.7 Å². The van der Waals surface area contributed by atoms with Gasteiger partial charge in [0, 0.05) is 6.20 Å². The Balaban J connectivity index is 2.58. The van der Waals surface area contributed by atoms with Crippen LogP contribution in [0.5, 0.6) is 0 Å². The maximum Gasteiger partial charge on any atom is 0.208 e. The molecular weight excluding hydrogens is 255 g/mol. The summed E-state index contributed by atoms with van der Waals surface area (Å²) in [6.45, 7) is 1.54. The predicted octanol–water partition coefficient (Wildman–Crippen LogP) is 1.94. The molecule has 18 heavy (non-hydrogen) atoms. The van der Waals surface area contributed by atoms with Crippen molar-refractivity contribution in [3.63, 3.8) is 0 Å². The van der Waals surface area contributed by atoms with E-state index in [1.165, 1.54) is 30.5 Å². The Bertz CT molecular complexity index is 682. The highest BCUT2D eigenvalue weighted by atomic mass is 32.2. The molecule has 0 radical (unpaired) electrons. The number of hydrogen-bond acceptors (Lipinski definition) is 4. The van der Waals surface area contributed by atoms with Gasteiger partial charge in [-0.3, -0.25) is 0 Å². The molecule has 1 aromatic heterocycles. The Morgan fingerprint density at radius 1 is 1.22 bits per heavy atom. The van der Waals surface area contributed by atoms with E-state index in [0.29, 0.717) is 5.56 Å². The van der Waals surface area contributed by atoms with E-state index in [-0.39, 0.29) is 15.6 Å². The fourth-order valence-corrected chi connectivity index (χ4v) is 3.01. The molecule has 0 saturated heterocycles. The Hall–Kier alpha value is -1.95. The van der Waals surface area contributed by atoms with Crippen LogP contribution in [0.25, 0.3) is 0 Å². The molecule has 0 bridgehead atoms. The summed E-state index contributed by atoms with van der Waals surface area (Å²) in [6.07, 6.45) is 1.19. The van der Waals surface area contributed by atoms with Crippen LogP contribution in [0.15, 0.2) is 46.3 Å². The molecule has 4 nitrogen and oxygen atoms in total. The second-order valence-electron chi connectivity index (χ2n) is 3.83. The Morgan fingerprint density at radius 2 is 1.94 bits per heavy atom. The van der Waals surface area contributed by atoms with E-state index in [9.17, 15) is 12.8 Å². The van der Waals surface area contributed by atoms with Crippen molar-refractivity contribution in [2.45, 2.75) is 16.7 Å². The van der Waals surface area contributed by atoms with Gasteiger partial charge in [-0.05, 0) is 42.8 Å². The van der Waals surface area contributed by atoms with Crippen molar-refractivity contribution in [1.29, 1.82) is 0 Å². The quantitative estimate of drug-likeness (QED) is 0.843. The van der Waals surface area contributed by atoms with E-state index >= 15 is 0 Å². The van der Waals surface area contributed by atoms with E-state index in [0.717, 1.165) is 6.07 Å². The minimum Gasteiger partial charge on any atom is -0.384 e. The van der Waals surface area contributed by atoms with Gasteiger partial charge in [-0.2, -0.15) is 0 Å². The number of pyridine rings is 1. The second kappa shape index (κ2) is 4.38. The van der Waals surface area contributed by atoms with Gasteiger partial charge >= 0.3 is 0 Å². The Morgan fingerprint density at radius 3 is 2.50 bits per heavy atom. The summed E-state index contributed by atoms with van der Waals surface area (Å²) in [4.78, 5) is 3.84. The van der Waals surface area contributed by atoms with Crippen molar-refractivity contribution in [2.75, 3.05) is 5.73 Å². The van der Waals surface area contributed by atoms with Gasteiger partial charge in [-0.25, -0.2) is 17.8 Å². The van der Waals surface area contributed by atoms with Crippen molar-refractivity contribution >= 4 is 15.7 Å². The van der Waals surface area contributed by atoms with Crippen LogP contribution < -0.4 is 5.73 Å². The normalized spacial score (nSPS) is 11.4. The molecule has 0 amide bonds. The molecule has 2 aromatic rings. The van der Waals surface area contributed by atoms with Crippen LogP contribution in [0, 0.1) is 12.7 Å². The van der Waals surface area contributed by atoms with Crippen molar-refractivity contribution in [1.82, 2.24) is 4.98 Å². The molecule has 0 aliphatic carbocycles. The number of hydrogen-bond donors (Lipinski definition) is 1.